The first-order valence-corrected chi connectivity index (χ1v) is 0. The van der Waals surface area contributed by atoms with Crippen LogP contribution in [0, 0.1) is 0 Å². The van der Waals surface area contributed by atoms with E-state index in [1.165, 1.54) is 0 Å². The fraction of sp³-hybridized carbons (Fsp3) is 0. The van der Waals surface area contributed by atoms with Crippen molar-refractivity contribution in [2.24, 2.45) is 0 Å². The molecule has 0 aromatic rings. The van der Waals surface area contributed by atoms with Crippen LogP contribution in [-0.4, -0.2) is 121 Å². The van der Waals surface area contributed by atoms with Crippen molar-refractivity contribution in [1.29, 1.82) is 0 Å². The first kappa shape index (κ1) is 23.4. The Morgan fingerprint density at radius 3 is 1.00 bits per heavy atom. The standard InChI is InChI=1S/Ba.Bi.Sr.Ta. The molecule has 0 bridgehead atoms. The van der Waals surface area contributed by atoms with Gasteiger partial charge in [0.25, 0.3) is 0 Å². The summed E-state index contributed by atoms with van der Waals surface area (Å²) in [6.45, 7) is 0. The molecule has 0 spiro atoms. The van der Waals surface area contributed by atoms with Gasteiger partial charge in [0.1, 0.15) is 0 Å². The van der Waals surface area contributed by atoms with Crippen molar-refractivity contribution in [3.63, 3.8) is 0 Å². The molecule has 0 aliphatic rings. The molecule has 14 valence electrons. The summed E-state index contributed by atoms with van der Waals surface area (Å²) in [5.74, 6) is 0. The van der Waals surface area contributed by atoms with Gasteiger partial charge in [-0.1, -0.05) is 0 Å². The average molecular weight is 615 g/mol. The van der Waals surface area contributed by atoms with Crippen LogP contribution < -0.4 is 0 Å². The SMILES string of the molecule is [Ba].[Bi].[Sr].[Ta]. The third-order valence-corrected chi connectivity index (χ3v) is 0. The summed E-state index contributed by atoms with van der Waals surface area (Å²) in [7, 11) is 0. The Kier molecular flexibility index (Phi) is 91.5. The van der Waals surface area contributed by atoms with Gasteiger partial charge in [0, 0.05) is 143 Å². The Morgan fingerprint density at radius 1 is 1.00 bits per heavy atom. The van der Waals surface area contributed by atoms with Crippen LogP contribution in [0.2, 0.25) is 0 Å². The van der Waals surface area contributed by atoms with E-state index in [1.807, 2.05) is 0 Å². The number of hydrogen-bond donors (Lipinski definition) is 0. The average Bonchev–Trinajstić information content (AvgIpc) is 0. The number of rotatable bonds is 0. The van der Waals surface area contributed by atoms with E-state index < -0.39 is 0 Å². The van der Waals surface area contributed by atoms with Crippen molar-refractivity contribution in [3.8, 4) is 0 Å². The first-order valence-electron chi connectivity index (χ1n) is 0. The van der Waals surface area contributed by atoms with Gasteiger partial charge < -0.3 is 0 Å². The van der Waals surface area contributed by atoms with E-state index >= 15 is 0 Å². The van der Waals surface area contributed by atoms with Crippen LogP contribution in [0.4, 0.5) is 0 Å². The van der Waals surface area contributed by atoms with Gasteiger partial charge in [0.2, 0.25) is 0 Å². The van der Waals surface area contributed by atoms with E-state index in [4.69, 9.17) is 0 Å². The summed E-state index contributed by atoms with van der Waals surface area (Å²) in [6.07, 6.45) is 0. The first-order chi connectivity index (χ1) is 0. The summed E-state index contributed by atoms with van der Waals surface area (Å²) >= 11 is 0. The van der Waals surface area contributed by atoms with Gasteiger partial charge in [0.15, 0.2) is 0 Å². The molecule has 0 N–H and O–H groups in total. The predicted molar refractivity (Wildman–Crippen MR) is 17.3 cm³/mol. The molecule has 4 heteroatoms. The fourth-order valence-electron chi connectivity index (χ4n) is 0. The van der Waals surface area contributed by atoms with Gasteiger partial charge in [-0.05, 0) is 0 Å². The van der Waals surface area contributed by atoms with Crippen molar-refractivity contribution >= 4 is 121 Å². The molecule has 0 aromatic carbocycles. The van der Waals surface area contributed by atoms with Crippen molar-refractivity contribution in [2.75, 3.05) is 0 Å². The van der Waals surface area contributed by atoms with Crippen LogP contribution in [0.5, 0.6) is 0 Å². The molecule has 0 amide bonds. The predicted octanol–water partition coefficient (Wildman–Crippen LogP) is -1.14. The van der Waals surface area contributed by atoms with Crippen molar-refractivity contribution < 1.29 is 22.4 Å². The van der Waals surface area contributed by atoms with Crippen LogP contribution in [0.3, 0.4) is 0 Å². The third-order valence-electron chi connectivity index (χ3n) is 0. The summed E-state index contributed by atoms with van der Waals surface area (Å²) in [6, 6.07) is 0. The second kappa shape index (κ2) is 15.6. The van der Waals surface area contributed by atoms with E-state index in [-0.39, 0.29) is 143 Å². The maximum absolute atomic E-state index is 0. The maximum atomic E-state index is 0. The molecule has 0 unspecified atom stereocenters. The molecular formula is BaBiSrTa. The van der Waals surface area contributed by atoms with E-state index in [0.717, 1.165) is 0 Å². The van der Waals surface area contributed by atoms with E-state index in [9.17, 15) is 0 Å². The Bertz CT molecular complexity index is 8.00. The smallest absolute Gasteiger partial charge is 0 e. The molecule has 0 saturated carbocycles. The fourth-order valence-corrected chi connectivity index (χ4v) is 0. The van der Waals surface area contributed by atoms with Gasteiger partial charge in [-0.15, -0.1) is 0 Å². The molecule has 0 nitrogen and oxygen atoms in total. The minimum Gasteiger partial charge on any atom is 0 e. The van der Waals surface area contributed by atoms with Crippen molar-refractivity contribution in [3.05, 3.63) is 0 Å². The van der Waals surface area contributed by atoms with Gasteiger partial charge >= 0.3 is 0 Å². The monoisotopic (exact) mass is 616 g/mol. The molecule has 0 saturated heterocycles. The molecule has 0 heterocycles. The molecule has 0 atom stereocenters. The second-order valence-electron chi connectivity index (χ2n) is 0. The second-order valence-corrected chi connectivity index (χ2v) is 0. The molecular weight excluding hydrogens is 615 g/mol. The zero-order valence-electron chi connectivity index (χ0n) is 2.31. The minimum absolute atomic E-state index is 0. The summed E-state index contributed by atoms with van der Waals surface area (Å²) in [4.78, 5) is 0. The quantitative estimate of drug-likeness (QED) is 0.303. The van der Waals surface area contributed by atoms with E-state index in [0.29, 0.717) is 0 Å². The van der Waals surface area contributed by atoms with Gasteiger partial charge in [-0.3, -0.25) is 0 Å². The largest absolute Gasteiger partial charge is 0 e. The van der Waals surface area contributed by atoms with Crippen LogP contribution >= 0.6 is 0 Å². The third kappa shape index (κ3) is 9.84. The molecule has 0 aromatic heterocycles. The van der Waals surface area contributed by atoms with Crippen LogP contribution in [0.15, 0.2) is 0 Å². The topological polar surface area (TPSA) is 0 Å². The van der Waals surface area contributed by atoms with Gasteiger partial charge in [0.05, 0.1) is 0 Å². The molecule has 4 heavy (non-hydrogen) atoms. The summed E-state index contributed by atoms with van der Waals surface area (Å²) < 4.78 is 0. The van der Waals surface area contributed by atoms with Crippen LogP contribution in [0.25, 0.3) is 0 Å². The normalized spacial score (nSPS) is 0. The maximum Gasteiger partial charge on any atom is 0 e. The zero-order valence-corrected chi connectivity index (χ0v) is 16.9. The van der Waals surface area contributed by atoms with Gasteiger partial charge in [-0.25, -0.2) is 0 Å². The molecule has 0 fully saturated rings. The Labute approximate surface area is 138 Å². The number of hydrogen-bond acceptors (Lipinski definition) is 0. The molecule has 0 aliphatic carbocycles. The van der Waals surface area contributed by atoms with Crippen LogP contribution in [0.1, 0.15) is 0 Å². The molecule has 8 radical (unpaired) electrons. The zero-order chi connectivity index (χ0) is 0. The van der Waals surface area contributed by atoms with Gasteiger partial charge in [-0.2, -0.15) is 0 Å². The Morgan fingerprint density at radius 2 is 1.00 bits per heavy atom. The minimum atomic E-state index is 0. The van der Waals surface area contributed by atoms with Crippen molar-refractivity contribution in [1.82, 2.24) is 0 Å². The van der Waals surface area contributed by atoms with E-state index in [1.54, 1.807) is 0 Å². The van der Waals surface area contributed by atoms with Crippen molar-refractivity contribution in [2.45, 2.75) is 0 Å². The summed E-state index contributed by atoms with van der Waals surface area (Å²) in [5.41, 5.74) is 0. The Balaban J connectivity index is 0. The molecule has 0 aliphatic heterocycles. The molecule has 0 rings (SSSR count). The van der Waals surface area contributed by atoms with Crippen LogP contribution in [-0.2, 0) is 22.4 Å². The Hall–Kier alpha value is 4.68. The summed E-state index contributed by atoms with van der Waals surface area (Å²) in [5, 5.41) is 0. The van der Waals surface area contributed by atoms with E-state index in [2.05, 4.69) is 0 Å².